The van der Waals surface area contributed by atoms with Gasteiger partial charge in [-0.2, -0.15) is 10.2 Å². The molecule has 0 radical (unpaired) electrons. The SMILES string of the molecule is COc1ccc(F)cc1[C@H](Cn1c(=O)n([C@@H]2CCCNC2=O)c(=O)c2c(C)c(-n3nccn3)sc21)O[C@H]1CC[C@@H](O)CC1. The molecular formula is C29H33FN6O6S. The standard InChI is InChI=1S/C29H33FN6O6S/c1-16-24-26(39)35(21-4-3-11-31-25(21)38)29(40)34(28(24)43-27(16)36-32-12-13-33-36)15-23(42-19-8-6-18(37)7-9-19)20-14-17(30)5-10-22(20)41-2/h5,10,12-14,18-19,21,23,37H,3-4,6-9,11,15H2,1-2H3,(H,31,38)/t18-,19+,21-,23+/m1/s1. The lowest BCUT2D eigenvalue weighted by Gasteiger charge is -2.31. The highest BCUT2D eigenvalue weighted by Gasteiger charge is 2.33. The van der Waals surface area contributed by atoms with Crippen molar-refractivity contribution in [1.29, 1.82) is 0 Å². The van der Waals surface area contributed by atoms with Crippen LogP contribution in [0.15, 0.2) is 40.2 Å². The van der Waals surface area contributed by atoms with Crippen LogP contribution in [-0.2, 0) is 16.1 Å². The van der Waals surface area contributed by atoms with Crippen molar-refractivity contribution in [3.05, 3.63) is 68.4 Å². The number of carbonyl (C=O) groups excluding carboxylic acids is 1. The van der Waals surface area contributed by atoms with Crippen LogP contribution in [-0.4, -0.2) is 61.0 Å². The first-order valence-corrected chi connectivity index (χ1v) is 15.2. The van der Waals surface area contributed by atoms with Gasteiger partial charge in [-0.05, 0) is 63.6 Å². The van der Waals surface area contributed by atoms with Gasteiger partial charge in [-0.1, -0.05) is 11.3 Å². The van der Waals surface area contributed by atoms with Gasteiger partial charge < -0.3 is 19.9 Å². The molecule has 1 aliphatic carbocycles. The summed E-state index contributed by atoms with van der Waals surface area (Å²) >= 11 is 1.18. The van der Waals surface area contributed by atoms with E-state index in [1.807, 2.05) is 0 Å². The van der Waals surface area contributed by atoms with Gasteiger partial charge in [-0.3, -0.25) is 14.2 Å². The average molecular weight is 613 g/mol. The number of amides is 1. The number of ether oxygens (including phenoxy) is 2. The number of nitrogens with zero attached hydrogens (tertiary/aromatic N) is 5. The molecule has 228 valence electrons. The van der Waals surface area contributed by atoms with Crippen LogP contribution in [0.2, 0.25) is 0 Å². The average Bonchev–Trinajstić information content (AvgIpc) is 3.65. The fraction of sp³-hybridized carbons (Fsp3) is 0.483. The van der Waals surface area contributed by atoms with Gasteiger partial charge in [-0.15, -0.1) is 4.80 Å². The van der Waals surface area contributed by atoms with Crippen molar-refractivity contribution in [2.24, 2.45) is 0 Å². The number of benzene rings is 1. The van der Waals surface area contributed by atoms with E-state index in [0.717, 1.165) is 4.57 Å². The zero-order valence-corrected chi connectivity index (χ0v) is 24.7. The Morgan fingerprint density at radius 2 is 1.88 bits per heavy atom. The quantitative estimate of drug-likeness (QED) is 0.309. The van der Waals surface area contributed by atoms with E-state index in [-0.39, 0.29) is 18.0 Å². The van der Waals surface area contributed by atoms with E-state index in [9.17, 15) is 23.9 Å². The van der Waals surface area contributed by atoms with Crippen LogP contribution in [0.1, 0.15) is 61.8 Å². The predicted molar refractivity (Wildman–Crippen MR) is 156 cm³/mol. The molecule has 2 fully saturated rings. The first-order valence-electron chi connectivity index (χ1n) is 14.4. The summed E-state index contributed by atoms with van der Waals surface area (Å²) in [6.07, 6.45) is 4.79. The number of hydrogen-bond acceptors (Lipinski definition) is 9. The van der Waals surface area contributed by atoms with Crippen LogP contribution in [0.4, 0.5) is 4.39 Å². The number of nitrogens with one attached hydrogen (secondary N) is 1. The molecule has 12 nitrogen and oxygen atoms in total. The Balaban J connectivity index is 1.55. The molecule has 6 rings (SSSR count). The molecule has 43 heavy (non-hydrogen) atoms. The number of fused-ring (bicyclic) bond motifs is 1. The molecule has 1 aromatic carbocycles. The highest BCUT2D eigenvalue weighted by atomic mass is 32.1. The summed E-state index contributed by atoms with van der Waals surface area (Å²) in [5.41, 5.74) is -0.248. The Hall–Kier alpha value is -3.88. The number of rotatable bonds is 8. The van der Waals surface area contributed by atoms with Crippen LogP contribution in [0.3, 0.4) is 0 Å². The lowest BCUT2D eigenvalue weighted by molar-refractivity contribution is -0.126. The lowest BCUT2D eigenvalue weighted by atomic mass is 9.94. The molecule has 1 aliphatic heterocycles. The minimum Gasteiger partial charge on any atom is -0.496 e. The number of hydrogen-bond donors (Lipinski definition) is 2. The van der Waals surface area contributed by atoms with Gasteiger partial charge in [0.1, 0.15) is 33.5 Å². The van der Waals surface area contributed by atoms with Crippen molar-refractivity contribution >= 4 is 27.5 Å². The van der Waals surface area contributed by atoms with E-state index in [0.29, 0.717) is 71.8 Å². The second kappa shape index (κ2) is 12.0. The van der Waals surface area contributed by atoms with E-state index in [2.05, 4.69) is 15.5 Å². The summed E-state index contributed by atoms with van der Waals surface area (Å²) < 4.78 is 29.3. The molecule has 4 aromatic rings. The Bertz CT molecular complexity index is 1760. The van der Waals surface area contributed by atoms with Crippen molar-refractivity contribution in [2.75, 3.05) is 13.7 Å². The second-order valence-electron chi connectivity index (χ2n) is 11.0. The number of piperidine rings is 1. The number of aromatic nitrogens is 5. The van der Waals surface area contributed by atoms with Crippen molar-refractivity contribution in [1.82, 2.24) is 29.4 Å². The maximum absolute atomic E-state index is 14.6. The normalized spacial score (nSPS) is 21.6. The predicted octanol–water partition coefficient (Wildman–Crippen LogP) is 2.77. The molecule has 1 saturated heterocycles. The van der Waals surface area contributed by atoms with Crippen molar-refractivity contribution in [3.8, 4) is 10.8 Å². The third kappa shape index (κ3) is 5.50. The van der Waals surface area contributed by atoms with Gasteiger partial charge in [0, 0.05) is 17.7 Å². The molecule has 0 bridgehead atoms. The Morgan fingerprint density at radius 1 is 1.14 bits per heavy atom. The van der Waals surface area contributed by atoms with Gasteiger partial charge >= 0.3 is 5.69 Å². The number of halogens is 1. The number of aryl methyl sites for hydroxylation is 1. The Morgan fingerprint density at radius 3 is 2.58 bits per heavy atom. The number of carbonyl (C=O) groups is 1. The molecule has 3 aromatic heterocycles. The Kier molecular flexibility index (Phi) is 8.16. The number of methoxy groups -OCH3 is 1. The van der Waals surface area contributed by atoms with Crippen LogP contribution >= 0.6 is 11.3 Å². The summed E-state index contributed by atoms with van der Waals surface area (Å²) in [5.74, 6) is -0.502. The fourth-order valence-corrected chi connectivity index (χ4v) is 7.27. The van der Waals surface area contributed by atoms with Crippen molar-refractivity contribution < 1.29 is 23.8 Å². The summed E-state index contributed by atoms with van der Waals surface area (Å²) in [6.45, 7) is 2.14. The van der Waals surface area contributed by atoms with Crippen molar-refractivity contribution in [2.45, 2.75) is 76.3 Å². The first-order chi connectivity index (χ1) is 20.8. The maximum Gasteiger partial charge on any atom is 0.332 e. The first kappa shape index (κ1) is 29.2. The fourth-order valence-electron chi connectivity index (χ4n) is 6.05. The molecular weight excluding hydrogens is 579 g/mol. The van der Waals surface area contributed by atoms with E-state index in [1.54, 1.807) is 6.92 Å². The number of aliphatic hydroxyl groups is 1. The molecule has 14 heteroatoms. The van der Waals surface area contributed by atoms with E-state index < -0.39 is 41.2 Å². The monoisotopic (exact) mass is 612 g/mol. The van der Waals surface area contributed by atoms with Gasteiger partial charge in [-0.25, -0.2) is 13.8 Å². The minimum atomic E-state index is -0.974. The number of aliphatic hydroxyl groups excluding tert-OH is 1. The van der Waals surface area contributed by atoms with Gasteiger partial charge in [0.2, 0.25) is 5.91 Å². The molecule has 2 N–H and O–H groups in total. The number of thiophene rings is 1. The molecule has 0 unspecified atom stereocenters. The highest BCUT2D eigenvalue weighted by molar-refractivity contribution is 7.21. The smallest absolute Gasteiger partial charge is 0.332 e. The summed E-state index contributed by atoms with van der Waals surface area (Å²) in [7, 11) is 1.48. The van der Waals surface area contributed by atoms with E-state index in [4.69, 9.17) is 9.47 Å². The Labute approximate surface area is 249 Å². The zero-order chi connectivity index (χ0) is 30.2. The minimum absolute atomic E-state index is 0.0885. The van der Waals surface area contributed by atoms with Crippen LogP contribution in [0, 0.1) is 12.7 Å². The third-order valence-corrected chi connectivity index (χ3v) is 9.55. The third-order valence-electron chi connectivity index (χ3n) is 8.27. The molecule has 1 amide bonds. The van der Waals surface area contributed by atoms with E-state index in [1.165, 1.54) is 58.4 Å². The van der Waals surface area contributed by atoms with Gasteiger partial charge in [0.25, 0.3) is 5.56 Å². The summed E-state index contributed by atoms with van der Waals surface area (Å²) in [4.78, 5) is 43.0. The second-order valence-corrected chi connectivity index (χ2v) is 12.0. The highest BCUT2D eigenvalue weighted by Crippen LogP contribution is 2.36. The molecule has 4 heterocycles. The molecule has 1 saturated carbocycles. The van der Waals surface area contributed by atoms with Crippen molar-refractivity contribution in [3.63, 3.8) is 0 Å². The molecule has 2 aliphatic rings. The molecule has 0 spiro atoms. The molecule has 2 atom stereocenters. The van der Waals surface area contributed by atoms with Crippen LogP contribution in [0.25, 0.3) is 15.2 Å². The largest absolute Gasteiger partial charge is 0.496 e. The van der Waals surface area contributed by atoms with Crippen LogP contribution in [0.5, 0.6) is 5.75 Å². The maximum atomic E-state index is 14.6. The summed E-state index contributed by atoms with van der Waals surface area (Å²) in [6, 6.07) is 3.15. The van der Waals surface area contributed by atoms with Crippen LogP contribution < -0.4 is 21.3 Å². The topological polar surface area (TPSA) is 142 Å². The van der Waals surface area contributed by atoms with Gasteiger partial charge in [0.15, 0.2) is 0 Å². The lowest BCUT2D eigenvalue weighted by Crippen LogP contribution is -2.49. The van der Waals surface area contributed by atoms with E-state index >= 15 is 0 Å². The zero-order valence-electron chi connectivity index (χ0n) is 23.9. The summed E-state index contributed by atoms with van der Waals surface area (Å²) in [5, 5.41) is 22.1. The van der Waals surface area contributed by atoms with Gasteiger partial charge in [0.05, 0.1) is 43.6 Å².